The molecule has 0 atom stereocenters. The lowest BCUT2D eigenvalue weighted by molar-refractivity contribution is -0.142. The van der Waals surface area contributed by atoms with Crippen LogP contribution >= 0.6 is 0 Å². The van der Waals surface area contributed by atoms with Gasteiger partial charge in [-0.2, -0.15) is 0 Å². The molecule has 1 rings (SSSR count). The van der Waals surface area contributed by atoms with Crippen LogP contribution in [-0.2, 0) is 14.3 Å². The molecule has 1 aromatic carbocycles. The number of ether oxygens (including phenoxy) is 2. The van der Waals surface area contributed by atoms with E-state index in [2.05, 4.69) is 5.32 Å². The Morgan fingerprint density at radius 2 is 2.15 bits per heavy atom. The molecule has 20 heavy (non-hydrogen) atoms. The molecule has 0 spiro atoms. The van der Waals surface area contributed by atoms with Gasteiger partial charge >= 0.3 is 5.97 Å². The minimum absolute atomic E-state index is 0.173. The number of amides is 1. The van der Waals surface area contributed by atoms with Crippen LogP contribution in [0.25, 0.3) is 6.08 Å². The summed E-state index contributed by atoms with van der Waals surface area (Å²) in [6.45, 7) is 2.36. The van der Waals surface area contributed by atoms with Gasteiger partial charge in [0.05, 0.1) is 20.1 Å². The van der Waals surface area contributed by atoms with Gasteiger partial charge in [-0.3, -0.25) is 9.59 Å². The third kappa shape index (κ3) is 6.04. The molecule has 0 aliphatic heterocycles. The van der Waals surface area contributed by atoms with Crippen molar-refractivity contribution in [2.45, 2.75) is 13.3 Å². The second kappa shape index (κ2) is 8.74. The molecular weight excluding hydrogens is 258 g/mol. The zero-order valence-electron chi connectivity index (χ0n) is 11.7. The number of hydrogen-bond acceptors (Lipinski definition) is 4. The Bertz CT molecular complexity index is 483. The molecule has 0 saturated heterocycles. The number of esters is 1. The zero-order valence-corrected chi connectivity index (χ0v) is 11.7. The molecule has 0 fully saturated rings. The summed E-state index contributed by atoms with van der Waals surface area (Å²) in [7, 11) is 1.59. The lowest BCUT2D eigenvalue weighted by Gasteiger charge is -2.02. The fraction of sp³-hybridized carbons (Fsp3) is 0.333. The second-order valence-corrected chi connectivity index (χ2v) is 3.96. The number of hydrogen-bond donors (Lipinski definition) is 1. The van der Waals surface area contributed by atoms with Gasteiger partial charge in [0.15, 0.2) is 0 Å². The minimum atomic E-state index is -0.315. The van der Waals surface area contributed by atoms with E-state index in [4.69, 9.17) is 9.47 Å². The summed E-state index contributed by atoms with van der Waals surface area (Å²) in [4.78, 5) is 22.6. The highest BCUT2D eigenvalue weighted by atomic mass is 16.5. The Hall–Kier alpha value is -2.30. The predicted octanol–water partition coefficient (Wildman–Crippen LogP) is 1.78. The fourth-order valence-corrected chi connectivity index (χ4v) is 1.50. The van der Waals surface area contributed by atoms with Crippen LogP contribution in [0.15, 0.2) is 30.3 Å². The molecule has 1 aromatic rings. The summed E-state index contributed by atoms with van der Waals surface area (Å²) in [6, 6.07) is 7.36. The molecule has 5 heteroatoms. The first-order valence-electron chi connectivity index (χ1n) is 6.41. The first-order valence-corrected chi connectivity index (χ1v) is 6.41. The smallest absolute Gasteiger partial charge is 0.307 e. The molecule has 0 radical (unpaired) electrons. The van der Waals surface area contributed by atoms with E-state index in [1.54, 1.807) is 20.1 Å². The molecule has 0 aliphatic rings. The molecule has 1 amide bonds. The van der Waals surface area contributed by atoms with Crippen molar-refractivity contribution < 1.29 is 19.1 Å². The van der Waals surface area contributed by atoms with Gasteiger partial charge in [0.25, 0.3) is 0 Å². The van der Waals surface area contributed by atoms with Gasteiger partial charge in [-0.1, -0.05) is 12.1 Å². The molecular formula is C15H19NO4. The molecule has 1 N–H and O–H groups in total. The monoisotopic (exact) mass is 277 g/mol. The Balaban J connectivity index is 2.37. The SMILES string of the molecule is CCOC(=O)CCNC(=O)C=Cc1cccc(OC)c1. The Morgan fingerprint density at radius 3 is 2.85 bits per heavy atom. The molecule has 5 nitrogen and oxygen atoms in total. The van der Waals surface area contributed by atoms with Crippen LogP contribution < -0.4 is 10.1 Å². The number of rotatable bonds is 7. The van der Waals surface area contributed by atoms with Crippen molar-refractivity contribution in [2.24, 2.45) is 0 Å². The van der Waals surface area contributed by atoms with Crippen molar-refractivity contribution in [3.8, 4) is 5.75 Å². The summed E-state index contributed by atoms with van der Waals surface area (Å²) >= 11 is 0. The Kier molecular flexibility index (Phi) is 6.89. The van der Waals surface area contributed by atoms with Gasteiger partial charge in [-0.15, -0.1) is 0 Å². The highest BCUT2D eigenvalue weighted by Gasteiger charge is 2.02. The van der Waals surface area contributed by atoms with Crippen LogP contribution in [0.2, 0.25) is 0 Å². The van der Waals surface area contributed by atoms with Crippen LogP contribution in [-0.4, -0.2) is 32.1 Å². The van der Waals surface area contributed by atoms with E-state index in [1.165, 1.54) is 6.08 Å². The minimum Gasteiger partial charge on any atom is -0.497 e. The maximum atomic E-state index is 11.5. The van der Waals surface area contributed by atoms with Gasteiger partial charge in [0.1, 0.15) is 5.75 Å². The summed E-state index contributed by atoms with van der Waals surface area (Å²) in [5.74, 6) is 0.163. The van der Waals surface area contributed by atoms with Gasteiger partial charge in [0.2, 0.25) is 5.91 Å². The zero-order chi connectivity index (χ0) is 14.8. The largest absolute Gasteiger partial charge is 0.497 e. The Labute approximate surface area is 118 Å². The number of carbonyl (C=O) groups is 2. The van der Waals surface area contributed by atoms with Gasteiger partial charge in [-0.25, -0.2) is 0 Å². The fourth-order valence-electron chi connectivity index (χ4n) is 1.50. The van der Waals surface area contributed by atoms with E-state index in [-0.39, 0.29) is 24.8 Å². The molecule has 0 bridgehead atoms. The van der Waals surface area contributed by atoms with E-state index in [0.717, 1.165) is 11.3 Å². The normalized spacial score (nSPS) is 10.3. The number of benzene rings is 1. The molecule has 108 valence electrons. The number of methoxy groups -OCH3 is 1. The average molecular weight is 277 g/mol. The van der Waals surface area contributed by atoms with Crippen molar-refractivity contribution in [3.63, 3.8) is 0 Å². The lowest BCUT2D eigenvalue weighted by atomic mass is 10.2. The van der Waals surface area contributed by atoms with Crippen molar-refractivity contribution >= 4 is 18.0 Å². The molecule has 0 saturated carbocycles. The molecule has 0 heterocycles. The van der Waals surface area contributed by atoms with Crippen molar-refractivity contribution in [2.75, 3.05) is 20.3 Å². The van der Waals surface area contributed by atoms with E-state index < -0.39 is 0 Å². The quantitative estimate of drug-likeness (QED) is 0.609. The summed E-state index contributed by atoms with van der Waals surface area (Å²) in [6.07, 6.45) is 3.27. The van der Waals surface area contributed by atoms with Crippen LogP contribution in [0, 0.1) is 0 Å². The standard InChI is InChI=1S/C15H19NO4/c1-3-20-15(18)9-10-16-14(17)8-7-12-5-4-6-13(11-12)19-2/h4-8,11H,3,9-10H2,1-2H3,(H,16,17). The van der Waals surface area contributed by atoms with Crippen LogP contribution in [0.5, 0.6) is 5.75 Å². The topological polar surface area (TPSA) is 64.6 Å². The predicted molar refractivity (Wildman–Crippen MR) is 76.3 cm³/mol. The summed E-state index contributed by atoms with van der Waals surface area (Å²) in [5.41, 5.74) is 0.866. The lowest BCUT2D eigenvalue weighted by Crippen LogP contribution is -2.24. The first kappa shape index (κ1) is 15.8. The number of carbonyl (C=O) groups excluding carboxylic acids is 2. The summed E-state index contributed by atoms with van der Waals surface area (Å²) in [5, 5.41) is 2.61. The molecule has 0 aliphatic carbocycles. The Morgan fingerprint density at radius 1 is 1.35 bits per heavy atom. The van der Waals surface area contributed by atoms with Crippen LogP contribution in [0.4, 0.5) is 0 Å². The van der Waals surface area contributed by atoms with Gasteiger partial charge < -0.3 is 14.8 Å². The van der Waals surface area contributed by atoms with E-state index in [0.29, 0.717) is 6.61 Å². The van der Waals surface area contributed by atoms with E-state index >= 15 is 0 Å². The van der Waals surface area contributed by atoms with E-state index in [9.17, 15) is 9.59 Å². The van der Waals surface area contributed by atoms with Gasteiger partial charge in [0, 0.05) is 12.6 Å². The van der Waals surface area contributed by atoms with Crippen LogP contribution in [0.1, 0.15) is 18.9 Å². The highest BCUT2D eigenvalue weighted by Crippen LogP contribution is 2.13. The van der Waals surface area contributed by atoms with Crippen molar-refractivity contribution in [1.29, 1.82) is 0 Å². The third-order valence-corrected chi connectivity index (χ3v) is 2.45. The van der Waals surface area contributed by atoms with Gasteiger partial charge in [-0.05, 0) is 30.7 Å². The average Bonchev–Trinajstić information content (AvgIpc) is 2.45. The van der Waals surface area contributed by atoms with Crippen LogP contribution in [0.3, 0.4) is 0 Å². The second-order valence-electron chi connectivity index (χ2n) is 3.96. The van der Waals surface area contributed by atoms with Crippen molar-refractivity contribution in [3.05, 3.63) is 35.9 Å². The first-order chi connectivity index (χ1) is 9.65. The highest BCUT2D eigenvalue weighted by molar-refractivity contribution is 5.91. The van der Waals surface area contributed by atoms with E-state index in [1.807, 2.05) is 24.3 Å². The summed E-state index contributed by atoms with van der Waals surface area (Å²) < 4.78 is 9.85. The maximum absolute atomic E-state index is 11.5. The molecule has 0 aromatic heterocycles. The molecule has 0 unspecified atom stereocenters. The number of nitrogens with one attached hydrogen (secondary N) is 1. The van der Waals surface area contributed by atoms with Crippen molar-refractivity contribution in [1.82, 2.24) is 5.32 Å². The maximum Gasteiger partial charge on any atom is 0.307 e. The third-order valence-electron chi connectivity index (χ3n) is 2.45.